The monoisotopic (exact) mass is 261 g/mol. The van der Waals surface area contributed by atoms with Gasteiger partial charge in [-0.2, -0.15) is 0 Å². The zero-order valence-electron chi connectivity index (χ0n) is 11.0. The molecule has 0 radical (unpaired) electrons. The number of ether oxygens (including phenoxy) is 1. The highest BCUT2D eigenvalue weighted by Crippen LogP contribution is 2.24. The number of nitrogens with two attached hydrogens (primary N) is 1. The lowest BCUT2D eigenvalue weighted by atomic mass is 10.1. The Bertz CT molecular complexity index is 484. The van der Waals surface area contributed by atoms with Gasteiger partial charge in [0.2, 0.25) is 0 Å². The van der Waals surface area contributed by atoms with Gasteiger partial charge in [0.1, 0.15) is 0 Å². The van der Waals surface area contributed by atoms with Gasteiger partial charge >= 0.3 is 0 Å². The number of hydrogen-bond donors (Lipinski definition) is 1. The van der Waals surface area contributed by atoms with Gasteiger partial charge in [-0.15, -0.1) is 0 Å². The van der Waals surface area contributed by atoms with Crippen LogP contribution in [0, 0.1) is 0 Å². The molecule has 1 aromatic rings. The standard InChI is InChI=1S/C14H19N3O2/c15-12-2-1-11-10-17(14(18)13(11)9-12)4-3-16-5-7-19-8-6-16/h1-2,9H,3-8,10,15H2. The van der Waals surface area contributed by atoms with Crippen LogP contribution >= 0.6 is 0 Å². The molecule has 1 aromatic carbocycles. The highest BCUT2D eigenvalue weighted by atomic mass is 16.5. The zero-order chi connectivity index (χ0) is 13.2. The molecule has 2 N–H and O–H groups in total. The van der Waals surface area contributed by atoms with Crippen LogP contribution in [-0.4, -0.2) is 55.1 Å². The number of hydrogen-bond acceptors (Lipinski definition) is 4. The third kappa shape index (κ3) is 2.57. The molecule has 1 amide bonds. The highest BCUT2D eigenvalue weighted by Gasteiger charge is 2.27. The molecule has 3 rings (SSSR count). The summed E-state index contributed by atoms with van der Waals surface area (Å²) in [6.45, 7) is 5.91. The minimum atomic E-state index is 0.107. The third-order valence-corrected chi connectivity index (χ3v) is 3.80. The molecule has 5 heteroatoms. The highest BCUT2D eigenvalue weighted by molar-refractivity contribution is 5.99. The molecule has 19 heavy (non-hydrogen) atoms. The van der Waals surface area contributed by atoms with Gasteiger partial charge in [0.05, 0.1) is 13.2 Å². The van der Waals surface area contributed by atoms with E-state index in [1.54, 1.807) is 6.07 Å². The molecule has 2 aliphatic heterocycles. The number of anilines is 1. The summed E-state index contributed by atoms with van der Waals surface area (Å²) in [7, 11) is 0. The fraction of sp³-hybridized carbons (Fsp3) is 0.500. The minimum Gasteiger partial charge on any atom is -0.399 e. The Balaban J connectivity index is 1.60. The number of rotatable bonds is 3. The number of carbonyl (C=O) groups excluding carboxylic acids is 1. The summed E-state index contributed by atoms with van der Waals surface area (Å²) in [5.41, 5.74) is 8.24. The van der Waals surface area contributed by atoms with E-state index >= 15 is 0 Å². The van der Waals surface area contributed by atoms with Crippen LogP contribution in [0.5, 0.6) is 0 Å². The van der Waals surface area contributed by atoms with Crippen molar-refractivity contribution >= 4 is 11.6 Å². The van der Waals surface area contributed by atoms with E-state index in [-0.39, 0.29) is 5.91 Å². The normalized spacial score (nSPS) is 19.8. The quantitative estimate of drug-likeness (QED) is 0.808. The Hall–Kier alpha value is -1.59. The van der Waals surface area contributed by atoms with Gasteiger partial charge in [0.25, 0.3) is 5.91 Å². The fourth-order valence-corrected chi connectivity index (χ4v) is 2.65. The number of fused-ring (bicyclic) bond motifs is 1. The lowest BCUT2D eigenvalue weighted by Gasteiger charge is -2.28. The van der Waals surface area contributed by atoms with Crippen LogP contribution < -0.4 is 5.73 Å². The van der Waals surface area contributed by atoms with Crippen LogP contribution in [0.25, 0.3) is 0 Å². The van der Waals surface area contributed by atoms with Gasteiger partial charge < -0.3 is 15.4 Å². The Labute approximate surface area is 112 Å². The number of benzene rings is 1. The molecule has 2 aliphatic rings. The summed E-state index contributed by atoms with van der Waals surface area (Å²) in [4.78, 5) is 16.5. The van der Waals surface area contributed by atoms with Crippen LogP contribution in [0.4, 0.5) is 5.69 Å². The summed E-state index contributed by atoms with van der Waals surface area (Å²) in [6.07, 6.45) is 0. The van der Waals surface area contributed by atoms with Crippen molar-refractivity contribution in [2.45, 2.75) is 6.54 Å². The van der Waals surface area contributed by atoms with Crippen LogP contribution in [0.3, 0.4) is 0 Å². The van der Waals surface area contributed by atoms with E-state index in [0.717, 1.165) is 50.5 Å². The van der Waals surface area contributed by atoms with Crippen LogP contribution in [0.1, 0.15) is 15.9 Å². The van der Waals surface area contributed by atoms with E-state index in [0.29, 0.717) is 12.2 Å². The SMILES string of the molecule is Nc1ccc2c(c1)C(=O)N(CCN1CCOCC1)C2. The molecule has 102 valence electrons. The third-order valence-electron chi connectivity index (χ3n) is 3.80. The van der Waals surface area contributed by atoms with E-state index < -0.39 is 0 Å². The molecule has 5 nitrogen and oxygen atoms in total. The van der Waals surface area contributed by atoms with Gasteiger partial charge in [-0.25, -0.2) is 0 Å². The van der Waals surface area contributed by atoms with E-state index in [1.807, 2.05) is 17.0 Å². The molecule has 0 atom stereocenters. The first-order valence-electron chi connectivity index (χ1n) is 6.72. The second-order valence-electron chi connectivity index (χ2n) is 5.10. The van der Waals surface area contributed by atoms with E-state index in [9.17, 15) is 4.79 Å². The summed E-state index contributed by atoms with van der Waals surface area (Å²) in [5, 5.41) is 0. The van der Waals surface area contributed by atoms with Crippen molar-refractivity contribution in [3.63, 3.8) is 0 Å². The molecule has 2 heterocycles. The van der Waals surface area contributed by atoms with Gasteiger partial charge in [0, 0.05) is 44.0 Å². The molecule has 0 spiro atoms. The van der Waals surface area contributed by atoms with E-state index in [1.165, 1.54) is 0 Å². The topological polar surface area (TPSA) is 58.8 Å². The predicted octanol–water partition coefficient (Wildman–Crippen LogP) is 0.557. The van der Waals surface area contributed by atoms with Crippen molar-refractivity contribution in [3.8, 4) is 0 Å². The molecule has 1 saturated heterocycles. The van der Waals surface area contributed by atoms with Gasteiger partial charge in [-0.3, -0.25) is 9.69 Å². The first-order valence-corrected chi connectivity index (χ1v) is 6.72. The Morgan fingerprint density at radius 3 is 2.79 bits per heavy atom. The maximum atomic E-state index is 12.2. The zero-order valence-corrected chi connectivity index (χ0v) is 11.0. The smallest absolute Gasteiger partial charge is 0.254 e. The number of carbonyl (C=O) groups is 1. The maximum absolute atomic E-state index is 12.2. The molecular formula is C14H19N3O2. The average Bonchev–Trinajstić information content (AvgIpc) is 2.74. The fourth-order valence-electron chi connectivity index (χ4n) is 2.65. The Kier molecular flexibility index (Phi) is 3.40. The lowest BCUT2D eigenvalue weighted by molar-refractivity contribution is 0.0327. The van der Waals surface area contributed by atoms with Crippen LogP contribution in [0.15, 0.2) is 18.2 Å². The summed E-state index contributed by atoms with van der Waals surface area (Å²) < 4.78 is 5.32. The summed E-state index contributed by atoms with van der Waals surface area (Å²) >= 11 is 0. The first kappa shape index (κ1) is 12.4. The largest absolute Gasteiger partial charge is 0.399 e. The number of nitrogen functional groups attached to an aromatic ring is 1. The summed E-state index contributed by atoms with van der Waals surface area (Å²) in [6, 6.07) is 5.60. The molecule has 0 aliphatic carbocycles. The van der Waals surface area contributed by atoms with Gasteiger partial charge in [0.15, 0.2) is 0 Å². The molecule has 0 unspecified atom stereocenters. The number of amides is 1. The van der Waals surface area contributed by atoms with Crippen molar-refractivity contribution in [2.24, 2.45) is 0 Å². The molecule has 0 saturated carbocycles. The van der Waals surface area contributed by atoms with Crippen molar-refractivity contribution in [2.75, 3.05) is 45.1 Å². The first-order chi connectivity index (χ1) is 9.24. The Morgan fingerprint density at radius 1 is 1.21 bits per heavy atom. The van der Waals surface area contributed by atoms with Crippen molar-refractivity contribution in [3.05, 3.63) is 29.3 Å². The minimum absolute atomic E-state index is 0.107. The maximum Gasteiger partial charge on any atom is 0.254 e. The number of nitrogens with zero attached hydrogens (tertiary/aromatic N) is 2. The average molecular weight is 261 g/mol. The number of morpholine rings is 1. The lowest BCUT2D eigenvalue weighted by Crippen LogP contribution is -2.41. The summed E-state index contributed by atoms with van der Waals surface area (Å²) in [5.74, 6) is 0.107. The van der Waals surface area contributed by atoms with Crippen LogP contribution in [-0.2, 0) is 11.3 Å². The van der Waals surface area contributed by atoms with E-state index in [2.05, 4.69) is 4.90 Å². The molecule has 0 bridgehead atoms. The molecule has 1 fully saturated rings. The van der Waals surface area contributed by atoms with Gasteiger partial charge in [-0.05, 0) is 17.7 Å². The second-order valence-corrected chi connectivity index (χ2v) is 5.10. The van der Waals surface area contributed by atoms with Crippen molar-refractivity contribution < 1.29 is 9.53 Å². The second kappa shape index (κ2) is 5.19. The van der Waals surface area contributed by atoms with Gasteiger partial charge in [-0.1, -0.05) is 6.07 Å². The van der Waals surface area contributed by atoms with Crippen LogP contribution in [0.2, 0.25) is 0 Å². The van der Waals surface area contributed by atoms with Crippen molar-refractivity contribution in [1.82, 2.24) is 9.80 Å². The van der Waals surface area contributed by atoms with Crippen molar-refractivity contribution in [1.29, 1.82) is 0 Å². The van der Waals surface area contributed by atoms with E-state index in [4.69, 9.17) is 10.5 Å². The molecule has 0 aromatic heterocycles. The Morgan fingerprint density at radius 2 is 2.00 bits per heavy atom. The molecular weight excluding hydrogens is 242 g/mol. The predicted molar refractivity (Wildman–Crippen MR) is 72.9 cm³/mol.